The van der Waals surface area contributed by atoms with Gasteiger partial charge >= 0.3 is 6.09 Å². The van der Waals surface area contributed by atoms with Crippen LogP contribution in [0.4, 0.5) is 4.79 Å². The molecule has 0 aromatic carbocycles. The molecule has 0 aromatic heterocycles. The van der Waals surface area contributed by atoms with Crippen LogP contribution in [0.2, 0.25) is 0 Å². The molecular formula is C12H23N3O3. The van der Waals surface area contributed by atoms with Crippen LogP contribution < -0.4 is 11.2 Å². The molecule has 6 heteroatoms. The number of nitrogens with one attached hydrogen (secondary N) is 1. The number of hydrazine groups is 1. The van der Waals surface area contributed by atoms with Crippen molar-refractivity contribution in [3.8, 4) is 0 Å². The van der Waals surface area contributed by atoms with Crippen molar-refractivity contribution in [1.82, 2.24) is 10.3 Å². The summed E-state index contributed by atoms with van der Waals surface area (Å²) < 4.78 is 5.16. The molecule has 1 unspecified atom stereocenters. The van der Waals surface area contributed by atoms with Gasteiger partial charge in [0.1, 0.15) is 11.6 Å². The minimum Gasteiger partial charge on any atom is -0.444 e. The number of nitrogens with two attached hydrogens (primary N) is 1. The predicted octanol–water partition coefficient (Wildman–Crippen LogP) is 1.01. The van der Waals surface area contributed by atoms with Crippen molar-refractivity contribution in [2.75, 3.05) is 7.05 Å². The third-order valence-electron chi connectivity index (χ3n) is 2.91. The van der Waals surface area contributed by atoms with Crippen molar-refractivity contribution in [2.24, 2.45) is 11.8 Å². The molecular weight excluding hydrogens is 234 g/mol. The summed E-state index contributed by atoms with van der Waals surface area (Å²) in [4.78, 5) is 23.6. The number of amides is 2. The molecule has 0 aromatic rings. The van der Waals surface area contributed by atoms with Gasteiger partial charge in [-0.25, -0.2) is 10.6 Å². The lowest BCUT2D eigenvalue weighted by Gasteiger charge is -2.34. The third-order valence-corrected chi connectivity index (χ3v) is 2.91. The van der Waals surface area contributed by atoms with Gasteiger partial charge in [0.15, 0.2) is 0 Å². The van der Waals surface area contributed by atoms with E-state index in [0.29, 0.717) is 0 Å². The maximum atomic E-state index is 11.9. The molecule has 0 aliphatic heterocycles. The van der Waals surface area contributed by atoms with Crippen molar-refractivity contribution >= 4 is 12.0 Å². The molecule has 104 valence electrons. The van der Waals surface area contributed by atoms with E-state index in [1.54, 1.807) is 20.8 Å². The zero-order valence-electron chi connectivity index (χ0n) is 11.5. The van der Waals surface area contributed by atoms with Crippen molar-refractivity contribution in [2.45, 2.75) is 51.7 Å². The largest absolute Gasteiger partial charge is 0.444 e. The summed E-state index contributed by atoms with van der Waals surface area (Å²) in [6.45, 7) is 5.34. The van der Waals surface area contributed by atoms with E-state index < -0.39 is 17.7 Å². The van der Waals surface area contributed by atoms with Gasteiger partial charge in [-0.2, -0.15) is 0 Å². The Balaban J connectivity index is 2.61. The minimum absolute atomic E-state index is 0.163. The summed E-state index contributed by atoms with van der Waals surface area (Å²) in [6, 6.07) is -0.580. The van der Waals surface area contributed by atoms with E-state index in [-0.39, 0.29) is 11.8 Å². The van der Waals surface area contributed by atoms with Crippen LogP contribution in [0.3, 0.4) is 0 Å². The van der Waals surface area contributed by atoms with E-state index in [1.165, 1.54) is 7.05 Å². The number of nitrogens with zero attached hydrogens (tertiary/aromatic N) is 1. The number of hydrogen-bond donors (Lipinski definition) is 2. The van der Waals surface area contributed by atoms with Crippen molar-refractivity contribution in [3.05, 3.63) is 0 Å². The standard InChI is InChI=1S/C12H23N3O3/c1-12(2,3)18-11(17)14-9(8-6-5-7-8)10(16)15(4)13/h8-9H,5-7,13H2,1-4H3,(H,14,17). The number of likely N-dealkylation sites (N-methyl/N-ethyl adjacent to an activating group) is 1. The van der Waals surface area contributed by atoms with Crippen LogP contribution in [0.15, 0.2) is 0 Å². The summed E-state index contributed by atoms with van der Waals surface area (Å²) in [6.07, 6.45) is 2.37. The molecule has 1 aliphatic carbocycles. The van der Waals surface area contributed by atoms with Crippen LogP contribution in [0, 0.1) is 5.92 Å². The smallest absolute Gasteiger partial charge is 0.408 e. The molecule has 2 amide bonds. The van der Waals surface area contributed by atoms with Crippen LogP contribution in [0.25, 0.3) is 0 Å². The molecule has 6 nitrogen and oxygen atoms in total. The van der Waals surface area contributed by atoms with Gasteiger partial charge in [-0.05, 0) is 39.5 Å². The van der Waals surface area contributed by atoms with E-state index >= 15 is 0 Å². The zero-order chi connectivity index (χ0) is 13.9. The highest BCUT2D eigenvalue weighted by Crippen LogP contribution is 2.30. The molecule has 0 radical (unpaired) electrons. The normalized spacial score (nSPS) is 17.6. The topological polar surface area (TPSA) is 84.7 Å². The first-order valence-corrected chi connectivity index (χ1v) is 6.22. The van der Waals surface area contributed by atoms with E-state index in [0.717, 1.165) is 24.3 Å². The van der Waals surface area contributed by atoms with Crippen molar-refractivity contribution in [1.29, 1.82) is 0 Å². The molecule has 1 atom stereocenters. The predicted molar refractivity (Wildman–Crippen MR) is 67.5 cm³/mol. The summed E-state index contributed by atoms with van der Waals surface area (Å²) in [5.41, 5.74) is -0.577. The van der Waals surface area contributed by atoms with E-state index in [2.05, 4.69) is 5.32 Å². The second-order valence-electron chi connectivity index (χ2n) is 5.76. The highest BCUT2D eigenvalue weighted by atomic mass is 16.6. The Morgan fingerprint density at radius 3 is 2.28 bits per heavy atom. The number of alkyl carbamates (subject to hydrolysis) is 1. The third kappa shape index (κ3) is 4.18. The van der Waals surface area contributed by atoms with Crippen LogP contribution >= 0.6 is 0 Å². The number of ether oxygens (including phenoxy) is 1. The monoisotopic (exact) mass is 257 g/mol. The SMILES string of the molecule is CN(N)C(=O)C(NC(=O)OC(C)(C)C)C1CCC1. The fraction of sp³-hybridized carbons (Fsp3) is 0.833. The first-order chi connectivity index (χ1) is 8.20. The first-order valence-electron chi connectivity index (χ1n) is 6.22. The average Bonchev–Trinajstić information content (AvgIpc) is 2.09. The molecule has 18 heavy (non-hydrogen) atoms. The number of carbonyl (C=O) groups is 2. The van der Waals surface area contributed by atoms with E-state index in [9.17, 15) is 9.59 Å². The lowest BCUT2D eigenvalue weighted by molar-refractivity contribution is -0.134. The number of carbonyl (C=O) groups excluding carboxylic acids is 2. The molecule has 1 fully saturated rings. The number of rotatable bonds is 3. The molecule has 0 heterocycles. The minimum atomic E-state index is -0.580. The Morgan fingerprint density at radius 2 is 1.94 bits per heavy atom. The fourth-order valence-corrected chi connectivity index (χ4v) is 1.81. The van der Waals surface area contributed by atoms with Gasteiger partial charge in [0.05, 0.1) is 0 Å². The molecule has 0 saturated heterocycles. The van der Waals surface area contributed by atoms with Crippen LogP contribution in [-0.2, 0) is 9.53 Å². The van der Waals surface area contributed by atoms with Crippen LogP contribution in [0.1, 0.15) is 40.0 Å². The van der Waals surface area contributed by atoms with Gasteiger partial charge in [0.25, 0.3) is 5.91 Å². The Kier molecular flexibility index (Phi) is 4.56. The summed E-state index contributed by atoms with van der Waals surface area (Å²) >= 11 is 0. The maximum absolute atomic E-state index is 11.9. The van der Waals surface area contributed by atoms with E-state index in [1.807, 2.05) is 0 Å². The Hall–Kier alpha value is -1.30. The molecule has 3 N–H and O–H groups in total. The quantitative estimate of drug-likeness (QED) is 0.449. The van der Waals surface area contributed by atoms with Crippen molar-refractivity contribution in [3.63, 3.8) is 0 Å². The zero-order valence-corrected chi connectivity index (χ0v) is 11.5. The molecule has 1 aliphatic rings. The number of hydrogen-bond acceptors (Lipinski definition) is 4. The second kappa shape index (κ2) is 5.56. The Bertz CT molecular complexity index is 319. The Labute approximate surface area is 108 Å². The van der Waals surface area contributed by atoms with Gasteiger partial charge < -0.3 is 10.1 Å². The highest BCUT2D eigenvalue weighted by Gasteiger charge is 2.35. The molecule has 1 rings (SSSR count). The highest BCUT2D eigenvalue weighted by molar-refractivity contribution is 5.85. The lowest BCUT2D eigenvalue weighted by Crippen LogP contribution is -2.55. The second-order valence-corrected chi connectivity index (χ2v) is 5.76. The molecule has 0 bridgehead atoms. The average molecular weight is 257 g/mol. The fourth-order valence-electron chi connectivity index (χ4n) is 1.81. The van der Waals surface area contributed by atoms with Gasteiger partial charge in [0, 0.05) is 7.05 Å². The van der Waals surface area contributed by atoms with Gasteiger partial charge in [0.2, 0.25) is 0 Å². The molecule has 0 spiro atoms. The summed E-state index contributed by atoms with van der Waals surface area (Å²) in [7, 11) is 1.48. The van der Waals surface area contributed by atoms with Crippen LogP contribution in [0.5, 0.6) is 0 Å². The summed E-state index contributed by atoms with van der Waals surface area (Å²) in [5, 5.41) is 3.64. The van der Waals surface area contributed by atoms with Crippen molar-refractivity contribution < 1.29 is 14.3 Å². The summed E-state index contributed by atoms with van der Waals surface area (Å²) in [5.74, 6) is 5.32. The van der Waals surface area contributed by atoms with Gasteiger partial charge in [-0.3, -0.25) is 9.80 Å². The maximum Gasteiger partial charge on any atom is 0.408 e. The van der Waals surface area contributed by atoms with Gasteiger partial charge in [-0.1, -0.05) is 6.42 Å². The lowest BCUT2D eigenvalue weighted by atomic mass is 9.79. The van der Waals surface area contributed by atoms with Gasteiger partial charge in [-0.15, -0.1) is 0 Å². The van der Waals surface area contributed by atoms with E-state index in [4.69, 9.17) is 10.6 Å². The molecule has 1 saturated carbocycles. The van der Waals surface area contributed by atoms with Crippen LogP contribution in [-0.4, -0.2) is 35.7 Å². The first kappa shape index (κ1) is 14.8. The Morgan fingerprint density at radius 1 is 1.39 bits per heavy atom.